The number of hydrogen-bond acceptors (Lipinski definition) is 5. The van der Waals surface area contributed by atoms with Crippen LogP contribution >= 0.6 is 0 Å². The summed E-state index contributed by atoms with van der Waals surface area (Å²) in [5, 5.41) is 0. The van der Waals surface area contributed by atoms with Gasteiger partial charge in [0.25, 0.3) is 5.91 Å². The monoisotopic (exact) mass is 448 g/mol. The second kappa shape index (κ2) is 8.59. The average molecular weight is 449 g/mol. The Hall–Kier alpha value is -2.45. The van der Waals surface area contributed by atoms with Crippen LogP contribution in [0, 0.1) is 11.7 Å². The van der Waals surface area contributed by atoms with Crippen molar-refractivity contribution < 1.29 is 23.8 Å². The van der Waals surface area contributed by atoms with E-state index in [4.69, 9.17) is 4.74 Å². The molecule has 0 unspecified atom stereocenters. The molecule has 1 aliphatic heterocycles. The normalized spacial score (nSPS) is 18.3. The maximum Gasteiger partial charge on any atom is 0.267 e. The van der Waals surface area contributed by atoms with Gasteiger partial charge < -0.3 is 4.74 Å². The van der Waals surface area contributed by atoms with E-state index < -0.39 is 21.7 Å². The molecule has 2 aromatic carbocycles. The van der Waals surface area contributed by atoms with Gasteiger partial charge in [-0.1, -0.05) is 30.3 Å². The fourth-order valence-electron chi connectivity index (χ4n) is 3.99. The second-order valence-corrected chi connectivity index (χ2v) is 10.3. The second-order valence-electron chi connectivity index (χ2n) is 8.57. The van der Waals surface area contributed by atoms with E-state index in [2.05, 4.69) is 24.0 Å². The van der Waals surface area contributed by atoms with Crippen molar-refractivity contribution in [3.8, 4) is 5.75 Å². The van der Waals surface area contributed by atoms with E-state index in [-0.39, 0.29) is 12.9 Å². The number of likely N-dealkylation sites (tertiary alicyclic amines) is 1. The van der Waals surface area contributed by atoms with Gasteiger partial charge in [0, 0.05) is 32.5 Å². The van der Waals surface area contributed by atoms with Crippen molar-refractivity contribution in [2.24, 2.45) is 5.92 Å². The molecule has 0 radical (unpaired) electrons. The molecule has 31 heavy (non-hydrogen) atoms. The molecule has 2 aliphatic rings. The van der Waals surface area contributed by atoms with Gasteiger partial charge >= 0.3 is 0 Å². The minimum atomic E-state index is -3.77. The van der Waals surface area contributed by atoms with Crippen LogP contribution in [-0.4, -0.2) is 45.2 Å². The van der Waals surface area contributed by atoms with E-state index in [1.165, 1.54) is 17.7 Å². The summed E-state index contributed by atoms with van der Waals surface area (Å²) >= 11 is 0. The Kier molecular flexibility index (Phi) is 6.03. The Morgan fingerprint density at radius 1 is 1.26 bits per heavy atom. The molecule has 1 saturated heterocycles. The van der Waals surface area contributed by atoms with E-state index in [1.54, 1.807) is 0 Å². The molecule has 1 atom stereocenters. The number of ether oxygens (including phenoxy) is 1. The first-order valence-corrected chi connectivity index (χ1v) is 12.4. The molecule has 4 rings (SSSR count). The van der Waals surface area contributed by atoms with Gasteiger partial charge in [0.2, 0.25) is 10.0 Å². The summed E-state index contributed by atoms with van der Waals surface area (Å²) in [6.07, 6.45) is 2.75. The SMILES string of the molecule is C[C@H](c1ccccc1)N1CC(COc2cc(F)c(C(=O)NS(C)(=O)=O)cc2C2CC2)C1.[HH]. The fourth-order valence-corrected chi connectivity index (χ4v) is 4.44. The molecule has 2 fully saturated rings. The molecule has 1 amide bonds. The largest absolute Gasteiger partial charge is 0.493 e. The van der Waals surface area contributed by atoms with Crippen LogP contribution in [0.25, 0.3) is 0 Å². The van der Waals surface area contributed by atoms with Gasteiger partial charge in [0.1, 0.15) is 11.6 Å². The van der Waals surface area contributed by atoms with Crippen molar-refractivity contribution in [3.05, 3.63) is 65.0 Å². The summed E-state index contributed by atoms with van der Waals surface area (Å²) in [4.78, 5) is 14.5. The topological polar surface area (TPSA) is 75.7 Å². The quantitative estimate of drug-likeness (QED) is 0.666. The number of benzene rings is 2. The molecule has 1 N–H and O–H groups in total. The lowest BCUT2D eigenvalue weighted by Crippen LogP contribution is -2.50. The Balaban J connectivity index is 0.00000289. The Labute approximate surface area is 183 Å². The number of rotatable bonds is 8. The zero-order chi connectivity index (χ0) is 22.2. The van der Waals surface area contributed by atoms with Crippen molar-refractivity contribution in [3.63, 3.8) is 0 Å². The minimum absolute atomic E-state index is 0. The summed E-state index contributed by atoms with van der Waals surface area (Å²) in [6, 6.07) is 13.3. The third kappa shape index (κ3) is 5.25. The number of nitrogens with one attached hydrogen (secondary N) is 1. The minimum Gasteiger partial charge on any atom is -0.493 e. The van der Waals surface area contributed by atoms with E-state index in [0.29, 0.717) is 24.3 Å². The van der Waals surface area contributed by atoms with Crippen LogP contribution in [0.3, 0.4) is 0 Å². The van der Waals surface area contributed by atoms with Crippen LogP contribution in [0.4, 0.5) is 4.39 Å². The van der Waals surface area contributed by atoms with E-state index >= 15 is 0 Å². The Morgan fingerprint density at radius 3 is 2.55 bits per heavy atom. The number of carbonyl (C=O) groups excluding carboxylic acids is 1. The first kappa shape index (κ1) is 21.8. The van der Waals surface area contributed by atoms with E-state index in [9.17, 15) is 17.6 Å². The Morgan fingerprint density at radius 2 is 1.94 bits per heavy atom. The van der Waals surface area contributed by atoms with Crippen molar-refractivity contribution in [1.82, 2.24) is 9.62 Å². The smallest absolute Gasteiger partial charge is 0.267 e. The van der Waals surface area contributed by atoms with E-state index in [0.717, 1.165) is 37.8 Å². The zero-order valence-corrected chi connectivity index (χ0v) is 18.5. The molecule has 6 nitrogen and oxygen atoms in total. The van der Waals surface area contributed by atoms with Crippen LogP contribution in [-0.2, 0) is 10.0 Å². The molecule has 1 aliphatic carbocycles. The van der Waals surface area contributed by atoms with Crippen LogP contribution in [0.5, 0.6) is 5.75 Å². The summed E-state index contributed by atoms with van der Waals surface area (Å²) in [5.74, 6) is -0.720. The lowest BCUT2D eigenvalue weighted by atomic mass is 9.96. The van der Waals surface area contributed by atoms with Crippen molar-refractivity contribution >= 4 is 15.9 Å². The molecule has 8 heteroatoms. The van der Waals surface area contributed by atoms with Gasteiger partial charge in [-0.2, -0.15) is 0 Å². The van der Waals surface area contributed by atoms with Gasteiger partial charge in [0.15, 0.2) is 0 Å². The summed E-state index contributed by atoms with van der Waals surface area (Å²) in [6.45, 7) is 4.48. The molecular weight excluding hydrogens is 419 g/mol. The third-order valence-electron chi connectivity index (χ3n) is 5.93. The number of sulfonamides is 1. The van der Waals surface area contributed by atoms with Crippen LogP contribution in [0.1, 0.15) is 54.6 Å². The maximum atomic E-state index is 14.6. The predicted octanol–water partition coefficient (Wildman–Crippen LogP) is 3.71. The van der Waals surface area contributed by atoms with Gasteiger partial charge in [0.05, 0.1) is 18.4 Å². The van der Waals surface area contributed by atoms with Crippen LogP contribution in [0.15, 0.2) is 42.5 Å². The highest BCUT2D eigenvalue weighted by atomic mass is 32.2. The fraction of sp³-hybridized carbons (Fsp3) is 0.435. The van der Waals surface area contributed by atoms with Crippen LogP contribution in [0.2, 0.25) is 0 Å². The molecule has 168 valence electrons. The lowest BCUT2D eigenvalue weighted by Gasteiger charge is -2.43. The molecular formula is C23H29FN2O4S. The molecule has 2 aromatic rings. The molecule has 0 aromatic heterocycles. The highest BCUT2D eigenvalue weighted by molar-refractivity contribution is 7.89. The number of halogens is 1. The number of hydrogen-bond donors (Lipinski definition) is 1. The van der Waals surface area contributed by atoms with Crippen molar-refractivity contribution in [1.29, 1.82) is 0 Å². The first-order valence-electron chi connectivity index (χ1n) is 10.5. The standard InChI is InChI=1S/C23H27FN2O4S.H2/c1-15(17-6-4-3-5-7-17)26-12-16(13-26)14-30-22-11-21(24)20(10-19(22)18-8-9-18)23(27)25-31(2,28)29;/h3-7,10-11,15-16,18H,8-9,12-14H2,1-2H3,(H,25,27);1H/t15-;/m1./s1. The van der Waals surface area contributed by atoms with Gasteiger partial charge in [-0.15, -0.1) is 0 Å². The lowest BCUT2D eigenvalue weighted by molar-refractivity contribution is 0.0307. The number of amides is 1. The Bertz CT molecular complexity index is 1070. The van der Waals surface area contributed by atoms with Gasteiger partial charge in [-0.25, -0.2) is 17.5 Å². The number of nitrogens with zero attached hydrogens (tertiary/aromatic N) is 1. The van der Waals surface area contributed by atoms with E-state index in [1.807, 2.05) is 22.9 Å². The summed E-state index contributed by atoms with van der Waals surface area (Å²) in [5.41, 5.74) is 1.78. The van der Waals surface area contributed by atoms with Crippen molar-refractivity contribution in [2.75, 3.05) is 26.0 Å². The molecule has 1 heterocycles. The summed E-state index contributed by atoms with van der Waals surface area (Å²) < 4.78 is 45.0. The average Bonchev–Trinajstić information content (AvgIpc) is 3.51. The van der Waals surface area contributed by atoms with Crippen LogP contribution < -0.4 is 9.46 Å². The maximum absolute atomic E-state index is 14.6. The highest BCUT2D eigenvalue weighted by Gasteiger charge is 2.33. The molecule has 0 spiro atoms. The van der Waals surface area contributed by atoms with Gasteiger partial charge in [-0.05, 0) is 42.9 Å². The molecule has 1 saturated carbocycles. The highest BCUT2D eigenvalue weighted by Crippen LogP contribution is 2.45. The predicted molar refractivity (Wildman–Crippen MR) is 118 cm³/mol. The summed E-state index contributed by atoms with van der Waals surface area (Å²) in [7, 11) is -3.77. The first-order chi connectivity index (χ1) is 14.7. The van der Waals surface area contributed by atoms with Crippen molar-refractivity contribution in [2.45, 2.75) is 31.7 Å². The zero-order valence-electron chi connectivity index (χ0n) is 17.7. The molecule has 0 bridgehead atoms. The third-order valence-corrected chi connectivity index (χ3v) is 6.49. The van der Waals surface area contributed by atoms with Gasteiger partial charge in [-0.3, -0.25) is 9.69 Å². The number of carbonyl (C=O) groups is 1.